The van der Waals surface area contributed by atoms with Gasteiger partial charge < -0.3 is 10.1 Å². The zero-order valence-electron chi connectivity index (χ0n) is 12.6. The van der Waals surface area contributed by atoms with Crippen LogP contribution in [0.25, 0.3) is 0 Å². The fraction of sp³-hybridized carbons (Fsp3) is 0.625. The van der Waals surface area contributed by atoms with Crippen LogP contribution in [-0.2, 0) is 0 Å². The highest BCUT2D eigenvalue weighted by Gasteiger charge is 2.36. The molecule has 0 unspecified atom stereocenters. The number of halogens is 3. The van der Waals surface area contributed by atoms with Crippen molar-refractivity contribution in [2.75, 3.05) is 26.2 Å². The lowest BCUT2D eigenvalue weighted by atomic mass is 9.94. The minimum atomic E-state index is -4.11. The molecule has 1 saturated heterocycles. The van der Waals surface area contributed by atoms with Gasteiger partial charge in [-0.1, -0.05) is 18.2 Å². The molecule has 3 atom stereocenters. The summed E-state index contributed by atoms with van der Waals surface area (Å²) in [6, 6.07) is 8.27. The number of nitrogens with one attached hydrogen (secondary N) is 1. The summed E-state index contributed by atoms with van der Waals surface area (Å²) >= 11 is 0. The van der Waals surface area contributed by atoms with Gasteiger partial charge >= 0.3 is 6.18 Å². The van der Waals surface area contributed by atoms with Crippen LogP contribution in [0.15, 0.2) is 24.3 Å². The van der Waals surface area contributed by atoms with E-state index in [-0.39, 0.29) is 18.0 Å². The van der Waals surface area contributed by atoms with Crippen molar-refractivity contribution in [2.24, 2.45) is 0 Å². The third-order valence-corrected chi connectivity index (χ3v) is 4.51. The van der Waals surface area contributed by atoms with E-state index in [1.54, 1.807) is 0 Å². The molecule has 6 heteroatoms. The van der Waals surface area contributed by atoms with Gasteiger partial charge in [-0.05, 0) is 19.4 Å². The summed E-state index contributed by atoms with van der Waals surface area (Å²) in [5.41, 5.74) is 1.19. The summed E-state index contributed by atoms with van der Waals surface area (Å²) in [6.45, 7) is 2.87. The number of likely N-dealkylation sites (tertiary alicyclic amines) is 1. The summed E-state index contributed by atoms with van der Waals surface area (Å²) in [5.74, 6) is 1.18. The maximum Gasteiger partial charge on any atom is 0.401 e. The van der Waals surface area contributed by atoms with Crippen LogP contribution in [0, 0.1) is 0 Å². The van der Waals surface area contributed by atoms with E-state index in [0.29, 0.717) is 19.7 Å². The topological polar surface area (TPSA) is 24.5 Å². The van der Waals surface area contributed by atoms with Crippen LogP contribution in [0.1, 0.15) is 24.8 Å². The minimum Gasteiger partial charge on any atom is -0.493 e. The summed E-state index contributed by atoms with van der Waals surface area (Å²) in [7, 11) is 0. The predicted molar refractivity (Wildman–Crippen MR) is 78.2 cm³/mol. The van der Waals surface area contributed by atoms with E-state index in [0.717, 1.165) is 12.2 Å². The second kappa shape index (κ2) is 6.08. The maximum atomic E-state index is 12.4. The first-order valence-corrected chi connectivity index (χ1v) is 7.69. The molecule has 3 nitrogen and oxygen atoms in total. The Morgan fingerprint density at radius 3 is 2.91 bits per heavy atom. The average Bonchev–Trinajstić information content (AvgIpc) is 3.03. The van der Waals surface area contributed by atoms with Crippen LogP contribution in [-0.4, -0.2) is 49.4 Å². The third-order valence-electron chi connectivity index (χ3n) is 4.51. The summed E-state index contributed by atoms with van der Waals surface area (Å²) in [6.07, 6.45) is -3.35. The standard InChI is InChI=1S/C16H21F3N2O/c1-11(14-9-22-15-5-3-2-4-13(14)15)20-12-6-7-21(8-12)10-16(17,18)19/h2-5,11-12,14,20H,6-10H2,1H3/t11-,12+,14+/m0/s1. The van der Waals surface area contributed by atoms with Crippen molar-refractivity contribution in [2.45, 2.75) is 37.5 Å². The van der Waals surface area contributed by atoms with Crippen molar-refractivity contribution >= 4 is 0 Å². The van der Waals surface area contributed by atoms with E-state index in [2.05, 4.69) is 18.3 Å². The van der Waals surface area contributed by atoms with E-state index in [9.17, 15) is 13.2 Å². The van der Waals surface area contributed by atoms with Gasteiger partial charge in [-0.25, -0.2) is 0 Å². The highest BCUT2D eigenvalue weighted by Crippen LogP contribution is 2.35. The van der Waals surface area contributed by atoms with Crippen molar-refractivity contribution in [3.05, 3.63) is 29.8 Å². The van der Waals surface area contributed by atoms with Crippen molar-refractivity contribution in [1.82, 2.24) is 10.2 Å². The summed E-state index contributed by atoms with van der Waals surface area (Å²) in [5, 5.41) is 3.49. The van der Waals surface area contributed by atoms with E-state index in [1.807, 2.05) is 18.2 Å². The number of para-hydroxylation sites is 1. The molecular formula is C16H21F3N2O. The first kappa shape index (κ1) is 15.6. The Bertz CT molecular complexity index is 520. The summed E-state index contributed by atoms with van der Waals surface area (Å²) < 4.78 is 43.0. The molecule has 1 N–H and O–H groups in total. The first-order chi connectivity index (χ1) is 10.4. The number of hydrogen-bond donors (Lipinski definition) is 1. The van der Waals surface area contributed by atoms with Gasteiger partial charge in [0.1, 0.15) is 5.75 Å². The lowest BCUT2D eigenvalue weighted by molar-refractivity contribution is -0.143. The zero-order valence-corrected chi connectivity index (χ0v) is 12.6. The molecule has 0 saturated carbocycles. The molecule has 1 aromatic rings. The van der Waals surface area contributed by atoms with Gasteiger partial charge in [0.2, 0.25) is 0 Å². The molecule has 0 aliphatic carbocycles. The van der Waals surface area contributed by atoms with Gasteiger partial charge in [0, 0.05) is 36.7 Å². The van der Waals surface area contributed by atoms with Gasteiger partial charge in [0.15, 0.2) is 0 Å². The third kappa shape index (κ3) is 3.55. The Kier molecular flexibility index (Phi) is 4.32. The molecule has 122 valence electrons. The molecule has 0 spiro atoms. The molecule has 1 aromatic carbocycles. The maximum absolute atomic E-state index is 12.4. The Morgan fingerprint density at radius 1 is 1.36 bits per heavy atom. The van der Waals surface area contributed by atoms with E-state index < -0.39 is 12.7 Å². The second-order valence-corrected chi connectivity index (χ2v) is 6.25. The van der Waals surface area contributed by atoms with Crippen molar-refractivity contribution < 1.29 is 17.9 Å². The smallest absolute Gasteiger partial charge is 0.401 e. The van der Waals surface area contributed by atoms with Gasteiger partial charge in [-0.3, -0.25) is 4.90 Å². The molecule has 22 heavy (non-hydrogen) atoms. The number of alkyl halides is 3. The lowest BCUT2D eigenvalue weighted by Gasteiger charge is -2.24. The summed E-state index contributed by atoms with van der Waals surface area (Å²) in [4.78, 5) is 1.48. The van der Waals surface area contributed by atoms with Gasteiger partial charge in [0.25, 0.3) is 0 Å². The van der Waals surface area contributed by atoms with Crippen molar-refractivity contribution in [3.63, 3.8) is 0 Å². The molecule has 1 fully saturated rings. The van der Waals surface area contributed by atoms with Crippen LogP contribution in [0.4, 0.5) is 13.2 Å². The number of hydrogen-bond acceptors (Lipinski definition) is 3. The fourth-order valence-electron chi connectivity index (χ4n) is 3.46. The van der Waals surface area contributed by atoms with Crippen molar-refractivity contribution in [1.29, 1.82) is 0 Å². The largest absolute Gasteiger partial charge is 0.493 e. The predicted octanol–water partition coefficient (Wildman–Crippen LogP) is 2.78. The molecule has 0 bridgehead atoms. The minimum absolute atomic E-state index is 0.116. The quantitative estimate of drug-likeness (QED) is 0.925. The van der Waals surface area contributed by atoms with Crippen LogP contribution in [0.2, 0.25) is 0 Å². The van der Waals surface area contributed by atoms with Gasteiger partial charge in [-0.2, -0.15) is 13.2 Å². The molecule has 2 aliphatic rings. The first-order valence-electron chi connectivity index (χ1n) is 7.69. The number of rotatable bonds is 4. The molecule has 2 heterocycles. The molecule has 0 radical (unpaired) electrons. The molecular weight excluding hydrogens is 293 g/mol. The highest BCUT2D eigenvalue weighted by atomic mass is 19.4. The van der Waals surface area contributed by atoms with Crippen molar-refractivity contribution in [3.8, 4) is 5.75 Å². The molecule has 0 amide bonds. The number of fused-ring (bicyclic) bond motifs is 1. The second-order valence-electron chi connectivity index (χ2n) is 6.25. The monoisotopic (exact) mass is 314 g/mol. The van der Waals surface area contributed by atoms with Crippen LogP contribution in [0.3, 0.4) is 0 Å². The Morgan fingerprint density at radius 2 is 2.14 bits per heavy atom. The SMILES string of the molecule is C[C@H](N[C@@H]1CCN(CC(F)(F)F)C1)[C@H]1COc2ccccc21. The van der Waals surface area contributed by atoms with Gasteiger partial charge in [-0.15, -0.1) is 0 Å². The van der Waals surface area contributed by atoms with E-state index >= 15 is 0 Å². The molecule has 0 aromatic heterocycles. The van der Waals surface area contributed by atoms with E-state index in [4.69, 9.17) is 4.74 Å². The molecule has 2 aliphatic heterocycles. The number of nitrogens with zero attached hydrogens (tertiary/aromatic N) is 1. The number of benzene rings is 1. The average molecular weight is 314 g/mol. The zero-order chi connectivity index (χ0) is 15.7. The van der Waals surface area contributed by atoms with Crippen LogP contribution < -0.4 is 10.1 Å². The Balaban J connectivity index is 1.54. The Hall–Kier alpha value is -1.27. The lowest BCUT2D eigenvalue weighted by Crippen LogP contribution is -2.43. The van der Waals surface area contributed by atoms with Crippen LogP contribution >= 0.6 is 0 Å². The van der Waals surface area contributed by atoms with Gasteiger partial charge in [0.05, 0.1) is 13.2 Å². The number of ether oxygens (including phenoxy) is 1. The normalized spacial score (nSPS) is 26.7. The molecule has 3 rings (SSSR count). The van der Waals surface area contributed by atoms with E-state index in [1.165, 1.54) is 10.5 Å². The van der Waals surface area contributed by atoms with Crippen LogP contribution in [0.5, 0.6) is 5.75 Å². The highest BCUT2D eigenvalue weighted by molar-refractivity contribution is 5.40. The Labute approximate surface area is 128 Å². The fourth-order valence-corrected chi connectivity index (χ4v) is 3.46.